The van der Waals surface area contributed by atoms with E-state index in [0.717, 1.165) is 6.92 Å². The van der Waals surface area contributed by atoms with E-state index in [1.54, 1.807) is 0 Å². The fourth-order valence-corrected chi connectivity index (χ4v) is 0.843. The summed E-state index contributed by atoms with van der Waals surface area (Å²) in [5.41, 5.74) is 0. The van der Waals surface area contributed by atoms with Crippen molar-refractivity contribution in [2.24, 2.45) is 0 Å². The highest BCUT2D eigenvalue weighted by Gasteiger charge is 2.30. The Bertz CT molecular complexity index is 126. The summed E-state index contributed by atoms with van der Waals surface area (Å²) in [6.45, 7) is 1.10. The molecule has 0 saturated heterocycles. The molecule has 0 heterocycles. The standard InChI is InChI=1S/C3H9O5P/c1-2(4)3(5)9(6,7)8/h2-5H,1H3,(H2,6,7,8)/t2-,3-/m1/s1/i6+2. The monoisotopic (exact) mass is 158 g/mol. The molecule has 0 aromatic carbocycles. The van der Waals surface area contributed by atoms with Crippen LogP contribution in [-0.4, -0.2) is 31.9 Å². The molecule has 0 fully saturated rings. The number of hydrogen-bond acceptors (Lipinski definition) is 3. The Labute approximate surface area is 52.1 Å². The van der Waals surface area contributed by atoms with Crippen LogP contribution >= 0.6 is 7.60 Å². The molecule has 0 aliphatic carbocycles. The second-order valence-corrected chi connectivity index (χ2v) is 3.45. The predicted molar refractivity (Wildman–Crippen MR) is 29.7 cm³/mol. The summed E-state index contributed by atoms with van der Waals surface area (Å²) >= 11 is 0. The Hall–Kier alpha value is 0.0700. The average Bonchev–Trinajstić information content (AvgIpc) is 1.62. The van der Waals surface area contributed by atoms with Crippen LogP contribution in [0.2, 0.25) is 0 Å². The van der Waals surface area contributed by atoms with Crippen LogP contribution in [0.25, 0.3) is 0 Å². The molecule has 0 amide bonds. The van der Waals surface area contributed by atoms with Crippen molar-refractivity contribution in [2.75, 3.05) is 0 Å². The zero-order valence-corrected chi connectivity index (χ0v) is 5.69. The summed E-state index contributed by atoms with van der Waals surface area (Å²) in [7, 11) is -4.51. The Morgan fingerprint density at radius 1 is 1.33 bits per heavy atom. The lowest BCUT2D eigenvalue weighted by Crippen LogP contribution is -2.21. The molecular formula is C3H9O5P. The van der Waals surface area contributed by atoms with Crippen LogP contribution in [0.4, 0.5) is 0 Å². The molecule has 0 spiro atoms. The lowest BCUT2D eigenvalue weighted by Gasteiger charge is -2.13. The molecule has 0 aliphatic rings. The fraction of sp³-hybridized carbons (Fsp3) is 1.00. The Balaban J connectivity index is 4.05. The SMILES string of the molecule is C[C@@H](O)[C@H](O)P(O)(O)=[18O]. The molecule has 0 aromatic heterocycles. The third-order valence-electron chi connectivity index (χ3n) is 0.776. The van der Waals surface area contributed by atoms with Crippen molar-refractivity contribution in [3.05, 3.63) is 0 Å². The molecule has 0 unspecified atom stereocenters. The smallest absolute Gasteiger partial charge is 0.356 e. The van der Waals surface area contributed by atoms with Gasteiger partial charge in [-0.2, -0.15) is 0 Å². The van der Waals surface area contributed by atoms with Crippen molar-refractivity contribution in [3.63, 3.8) is 0 Å². The molecule has 0 aliphatic heterocycles. The van der Waals surface area contributed by atoms with Crippen molar-refractivity contribution in [1.82, 2.24) is 0 Å². The number of hydrogen-bond donors (Lipinski definition) is 4. The summed E-state index contributed by atoms with van der Waals surface area (Å²) in [5, 5.41) is 16.9. The van der Waals surface area contributed by atoms with Crippen LogP contribution < -0.4 is 0 Å². The molecule has 0 saturated carbocycles. The van der Waals surface area contributed by atoms with Crippen LogP contribution in [0.1, 0.15) is 6.92 Å². The highest BCUT2D eigenvalue weighted by Crippen LogP contribution is 2.40. The van der Waals surface area contributed by atoms with Gasteiger partial charge in [0.25, 0.3) is 0 Å². The summed E-state index contributed by atoms with van der Waals surface area (Å²) < 4.78 is 10.1. The zero-order chi connectivity index (χ0) is 7.65. The molecule has 0 radical (unpaired) electrons. The van der Waals surface area contributed by atoms with Crippen molar-refractivity contribution < 1.29 is 24.6 Å². The second kappa shape index (κ2) is 2.77. The highest BCUT2D eigenvalue weighted by atomic mass is 31.2. The van der Waals surface area contributed by atoms with Crippen LogP contribution in [0.3, 0.4) is 0 Å². The van der Waals surface area contributed by atoms with E-state index >= 15 is 0 Å². The lowest BCUT2D eigenvalue weighted by atomic mass is 10.4. The normalized spacial score (nSPS) is 19.2. The van der Waals surface area contributed by atoms with Gasteiger partial charge in [0.2, 0.25) is 0 Å². The van der Waals surface area contributed by atoms with E-state index in [1.807, 2.05) is 0 Å². The van der Waals surface area contributed by atoms with E-state index in [0.29, 0.717) is 0 Å². The predicted octanol–water partition coefficient (Wildman–Crippen LogP) is -1.14. The van der Waals surface area contributed by atoms with Gasteiger partial charge in [-0.25, -0.2) is 0 Å². The summed E-state index contributed by atoms with van der Waals surface area (Å²) in [6.07, 6.45) is -1.40. The van der Waals surface area contributed by atoms with E-state index in [2.05, 4.69) is 0 Å². The van der Waals surface area contributed by atoms with Gasteiger partial charge >= 0.3 is 7.60 Å². The van der Waals surface area contributed by atoms with Crippen molar-refractivity contribution in [2.45, 2.75) is 18.9 Å². The van der Waals surface area contributed by atoms with Crippen LogP contribution in [-0.2, 0) is 4.57 Å². The topological polar surface area (TPSA) is 98.0 Å². The van der Waals surface area contributed by atoms with E-state index in [4.69, 9.17) is 20.0 Å². The Morgan fingerprint density at radius 3 is 1.67 bits per heavy atom. The van der Waals surface area contributed by atoms with Gasteiger partial charge < -0.3 is 20.0 Å². The maximum absolute atomic E-state index is 10.1. The van der Waals surface area contributed by atoms with Gasteiger partial charge in [-0.15, -0.1) is 0 Å². The largest absolute Gasteiger partial charge is 0.390 e. The zero-order valence-electron chi connectivity index (χ0n) is 4.80. The molecule has 9 heavy (non-hydrogen) atoms. The Kier molecular flexibility index (Phi) is 2.79. The quantitative estimate of drug-likeness (QED) is 0.301. The maximum atomic E-state index is 10.1. The number of rotatable bonds is 2. The molecule has 0 aromatic rings. The molecule has 5 nitrogen and oxygen atoms in total. The minimum absolute atomic E-state index is 1.10. The van der Waals surface area contributed by atoms with Gasteiger partial charge in [0, 0.05) is 0 Å². The Morgan fingerprint density at radius 2 is 1.67 bits per heavy atom. The first-order chi connectivity index (χ1) is 3.85. The molecule has 56 valence electrons. The van der Waals surface area contributed by atoms with Gasteiger partial charge in [-0.3, -0.25) is 4.57 Å². The minimum atomic E-state index is -4.51. The summed E-state index contributed by atoms with van der Waals surface area (Å²) in [5.74, 6) is -1.96. The van der Waals surface area contributed by atoms with Gasteiger partial charge in [-0.05, 0) is 6.92 Å². The van der Waals surface area contributed by atoms with Gasteiger partial charge in [-0.1, -0.05) is 0 Å². The maximum Gasteiger partial charge on any atom is 0.356 e. The molecular weight excluding hydrogens is 149 g/mol. The second-order valence-electron chi connectivity index (χ2n) is 1.74. The number of aliphatic hydroxyl groups is 2. The molecule has 0 bridgehead atoms. The molecule has 6 heteroatoms. The number of aliphatic hydroxyl groups excluding tert-OH is 2. The van der Waals surface area contributed by atoms with Gasteiger partial charge in [0.15, 0.2) is 5.85 Å². The van der Waals surface area contributed by atoms with E-state index in [9.17, 15) is 4.57 Å². The van der Waals surface area contributed by atoms with Gasteiger partial charge in [0.05, 0.1) is 6.10 Å². The van der Waals surface area contributed by atoms with Crippen LogP contribution in [0.5, 0.6) is 0 Å². The first-order valence-corrected chi connectivity index (χ1v) is 3.95. The first-order valence-electron chi connectivity index (χ1n) is 2.27. The highest BCUT2D eigenvalue weighted by molar-refractivity contribution is 7.52. The van der Waals surface area contributed by atoms with E-state index in [-0.39, 0.29) is 0 Å². The van der Waals surface area contributed by atoms with Crippen molar-refractivity contribution >= 4 is 7.60 Å². The summed E-state index contributed by atoms with van der Waals surface area (Å²) in [4.78, 5) is 16.3. The van der Waals surface area contributed by atoms with Crippen molar-refractivity contribution in [1.29, 1.82) is 0 Å². The fourth-order valence-electron chi connectivity index (χ4n) is 0.281. The molecule has 0 rings (SSSR count). The summed E-state index contributed by atoms with van der Waals surface area (Å²) in [6, 6.07) is 0. The molecule has 4 N–H and O–H groups in total. The lowest BCUT2D eigenvalue weighted by molar-refractivity contribution is 0.0641. The van der Waals surface area contributed by atoms with Gasteiger partial charge in [0.1, 0.15) is 0 Å². The minimum Gasteiger partial charge on any atom is -0.390 e. The third kappa shape index (κ3) is 2.93. The van der Waals surface area contributed by atoms with Crippen LogP contribution in [0, 0.1) is 0 Å². The average molecular weight is 158 g/mol. The van der Waals surface area contributed by atoms with E-state index in [1.165, 1.54) is 0 Å². The molecule has 2 atom stereocenters. The third-order valence-corrected chi connectivity index (χ3v) is 1.90. The van der Waals surface area contributed by atoms with Crippen molar-refractivity contribution in [3.8, 4) is 0 Å². The van der Waals surface area contributed by atoms with E-state index < -0.39 is 19.5 Å². The first kappa shape index (κ1) is 9.07. The van der Waals surface area contributed by atoms with Crippen LogP contribution in [0.15, 0.2) is 0 Å².